The van der Waals surface area contributed by atoms with Crippen LogP contribution in [-0.2, 0) is 6.54 Å². The first kappa shape index (κ1) is 22.5. The highest BCUT2D eigenvalue weighted by Gasteiger charge is 2.47. The van der Waals surface area contributed by atoms with Crippen LogP contribution < -0.4 is 20.1 Å². The first-order chi connectivity index (χ1) is 15.8. The third-order valence-electron chi connectivity index (χ3n) is 5.61. The Morgan fingerprint density at radius 3 is 2.27 bits per heavy atom. The molecule has 0 aliphatic carbocycles. The predicted molar refractivity (Wildman–Crippen MR) is 115 cm³/mol. The molecule has 0 fully saturated rings. The number of amides is 1. The van der Waals surface area contributed by atoms with Crippen molar-refractivity contribution >= 4 is 11.7 Å². The lowest BCUT2D eigenvalue weighted by molar-refractivity contribution is -0.173. The summed E-state index contributed by atoms with van der Waals surface area (Å²) in [5.74, 6) is 0.806. The number of aromatic nitrogens is 2. The van der Waals surface area contributed by atoms with E-state index in [1.165, 1.54) is 13.3 Å². The second kappa shape index (κ2) is 9.05. The van der Waals surface area contributed by atoms with E-state index in [-0.39, 0.29) is 24.3 Å². The number of anilines is 1. The number of ether oxygens (including phenoxy) is 2. The lowest BCUT2D eigenvalue weighted by Crippen LogP contribution is -2.36. The van der Waals surface area contributed by atoms with Gasteiger partial charge in [0.2, 0.25) is 0 Å². The standard InChI is InChI=1S/C23H23F3N4O3/c1-32-16-7-3-14(4-8-16)12-27-22(31)18-13-28-30-20(23(24,25)26)11-19(29-21(18)30)15-5-9-17(33-2)10-6-15/h3-10,13,19-20,29H,11-12H2,1-2H3,(H,27,31)/t19-,20-/m1/s1. The summed E-state index contributed by atoms with van der Waals surface area (Å²) in [6.07, 6.45) is -3.61. The molecule has 10 heteroatoms. The number of benzene rings is 2. The Labute approximate surface area is 188 Å². The van der Waals surface area contributed by atoms with Gasteiger partial charge in [0, 0.05) is 13.0 Å². The van der Waals surface area contributed by atoms with Crippen LogP contribution in [0.4, 0.5) is 19.0 Å². The molecule has 1 aliphatic rings. The number of hydrogen-bond acceptors (Lipinski definition) is 5. The van der Waals surface area contributed by atoms with Crippen molar-refractivity contribution in [3.8, 4) is 11.5 Å². The first-order valence-corrected chi connectivity index (χ1v) is 10.3. The molecule has 0 bridgehead atoms. The Morgan fingerprint density at radius 1 is 1.09 bits per heavy atom. The zero-order valence-corrected chi connectivity index (χ0v) is 18.0. The molecular formula is C23H23F3N4O3. The van der Waals surface area contributed by atoms with Gasteiger partial charge in [0.1, 0.15) is 22.9 Å². The molecule has 7 nitrogen and oxygen atoms in total. The number of carbonyl (C=O) groups is 1. The van der Waals surface area contributed by atoms with Gasteiger partial charge >= 0.3 is 6.18 Å². The molecule has 1 aliphatic heterocycles. The number of carbonyl (C=O) groups excluding carboxylic acids is 1. The quantitative estimate of drug-likeness (QED) is 0.567. The highest BCUT2D eigenvalue weighted by atomic mass is 19.4. The Kier molecular flexibility index (Phi) is 6.17. The molecule has 2 N–H and O–H groups in total. The number of alkyl halides is 3. The summed E-state index contributed by atoms with van der Waals surface area (Å²) in [6, 6.07) is 11.4. The zero-order chi connectivity index (χ0) is 23.6. The largest absolute Gasteiger partial charge is 0.497 e. The predicted octanol–water partition coefficient (Wildman–Crippen LogP) is 4.49. The van der Waals surface area contributed by atoms with Gasteiger partial charge < -0.3 is 20.1 Å². The van der Waals surface area contributed by atoms with Crippen LogP contribution in [0.15, 0.2) is 54.7 Å². The Morgan fingerprint density at radius 2 is 1.70 bits per heavy atom. The summed E-state index contributed by atoms with van der Waals surface area (Å²) in [7, 11) is 3.07. The number of methoxy groups -OCH3 is 2. The van der Waals surface area contributed by atoms with Gasteiger partial charge in [-0.05, 0) is 35.4 Å². The van der Waals surface area contributed by atoms with Crippen molar-refractivity contribution in [2.75, 3.05) is 19.5 Å². The fourth-order valence-electron chi connectivity index (χ4n) is 3.80. The summed E-state index contributed by atoms with van der Waals surface area (Å²) < 4.78 is 52.6. The van der Waals surface area contributed by atoms with Crippen LogP contribution in [0, 0.1) is 0 Å². The second-order valence-electron chi connectivity index (χ2n) is 7.65. The number of halogens is 3. The van der Waals surface area contributed by atoms with E-state index in [9.17, 15) is 18.0 Å². The van der Waals surface area contributed by atoms with Crippen molar-refractivity contribution in [1.82, 2.24) is 15.1 Å². The molecule has 4 rings (SSSR count). The molecule has 0 saturated carbocycles. The average Bonchev–Trinajstić information content (AvgIpc) is 3.25. The van der Waals surface area contributed by atoms with E-state index >= 15 is 0 Å². The molecule has 0 saturated heterocycles. The van der Waals surface area contributed by atoms with Crippen molar-refractivity contribution in [3.05, 3.63) is 71.4 Å². The van der Waals surface area contributed by atoms with Gasteiger partial charge in [-0.15, -0.1) is 0 Å². The molecule has 2 heterocycles. The number of rotatable bonds is 6. The van der Waals surface area contributed by atoms with Crippen LogP contribution >= 0.6 is 0 Å². The van der Waals surface area contributed by atoms with Crippen molar-refractivity contribution in [3.63, 3.8) is 0 Å². The normalized spacial score (nSPS) is 17.6. The summed E-state index contributed by atoms with van der Waals surface area (Å²) in [5.41, 5.74) is 1.53. The van der Waals surface area contributed by atoms with Crippen molar-refractivity contribution < 1.29 is 27.4 Å². The van der Waals surface area contributed by atoms with Crippen LogP contribution in [0.2, 0.25) is 0 Å². The number of fused-ring (bicyclic) bond motifs is 1. The molecule has 1 aromatic heterocycles. The van der Waals surface area contributed by atoms with Gasteiger partial charge in [0.25, 0.3) is 5.91 Å². The van der Waals surface area contributed by atoms with E-state index in [1.807, 2.05) is 0 Å². The number of hydrogen-bond donors (Lipinski definition) is 2. The Bertz CT molecular complexity index is 1110. The number of nitrogens with zero attached hydrogens (tertiary/aromatic N) is 2. The molecule has 3 aromatic rings. The minimum absolute atomic E-state index is 0.0385. The van der Waals surface area contributed by atoms with Crippen LogP contribution in [-0.4, -0.2) is 36.1 Å². The SMILES string of the molecule is COc1ccc(CNC(=O)c2cnn3c2N[C@@H](c2ccc(OC)cc2)C[C@@H]3C(F)(F)F)cc1. The van der Waals surface area contributed by atoms with E-state index in [2.05, 4.69) is 15.7 Å². The fraction of sp³-hybridized carbons (Fsp3) is 0.304. The van der Waals surface area contributed by atoms with E-state index < -0.39 is 24.2 Å². The maximum Gasteiger partial charge on any atom is 0.410 e. The third-order valence-corrected chi connectivity index (χ3v) is 5.61. The molecule has 0 unspecified atom stereocenters. The smallest absolute Gasteiger partial charge is 0.410 e. The monoisotopic (exact) mass is 460 g/mol. The molecule has 174 valence electrons. The highest BCUT2D eigenvalue weighted by molar-refractivity contribution is 5.98. The minimum atomic E-state index is -4.52. The highest BCUT2D eigenvalue weighted by Crippen LogP contribution is 2.44. The van der Waals surface area contributed by atoms with Gasteiger partial charge in [-0.3, -0.25) is 4.79 Å². The van der Waals surface area contributed by atoms with Gasteiger partial charge in [-0.2, -0.15) is 18.3 Å². The summed E-state index contributed by atoms with van der Waals surface area (Å²) in [5, 5.41) is 9.71. The Balaban J connectivity index is 1.57. The number of nitrogens with one attached hydrogen (secondary N) is 2. The summed E-state index contributed by atoms with van der Waals surface area (Å²) in [4.78, 5) is 12.8. The van der Waals surface area contributed by atoms with Crippen molar-refractivity contribution in [1.29, 1.82) is 0 Å². The maximum atomic E-state index is 13.8. The van der Waals surface area contributed by atoms with Gasteiger partial charge in [-0.1, -0.05) is 24.3 Å². The third kappa shape index (κ3) is 4.74. The Hall–Kier alpha value is -3.69. The van der Waals surface area contributed by atoms with Crippen LogP contribution in [0.3, 0.4) is 0 Å². The van der Waals surface area contributed by atoms with Crippen molar-refractivity contribution in [2.24, 2.45) is 0 Å². The molecule has 0 radical (unpaired) electrons. The van der Waals surface area contributed by atoms with Crippen molar-refractivity contribution in [2.45, 2.75) is 31.2 Å². The molecule has 2 atom stereocenters. The molecule has 0 spiro atoms. The zero-order valence-electron chi connectivity index (χ0n) is 18.0. The minimum Gasteiger partial charge on any atom is -0.497 e. The van der Waals surface area contributed by atoms with Crippen LogP contribution in [0.1, 0.15) is 40.0 Å². The van der Waals surface area contributed by atoms with E-state index in [1.54, 1.807) is 55.6 Å². The van der Waals surface area contributed by atoms with E-state index in [4.69, 9.17) is 9.47 Å². The van der Waals surface area contributed by atoms with Crippen LogP contribution in [0.25, 0.3) is 0 Å². The summed E-state index contributed by atoms with van der Waals surface area (Å²) >= 11 is 0. The first-order valence-electron chi connectivity index (χ1n) is 10.3. The fourth-order valence-corrected chi connectivity index (χ4v) is 3.80. The molecular weight excluding hydrogens is 437 g/mol. The average molecular weight is 460 g/mol. The topological polar surface area (TPSA) is 77.4 Å². The van der Waals surface area contributed by atoms with Gasteiger partial charge in [0.05, 0.1) is 26.5 Å². The van der Waals surface area contributed by atoms with Gasteiger partial charge in [0.15, 0.2) is 6.04 Å². The summed E-state index contributed by atoms with van der Waals surface area (Å²) in [6.45, 7) is 0.206. The lowest BCUT2D eigenvalue weighted by Gasteiger charge is -2.34. The second-order valence-corrected chi connectivity index (χ2v) is 7.65. The van der Waals surface area contributed by atoms with E-state index in [0.29, 0.717) is 17.1 Å². The lowest BCUT2D eigenvalue weighted by atomic mass is 9.96. The van der Waals surface area contributed by atoms with Gasteiger partial charge in [-0.25, -0.2) is 4.68 Å². The maximum absolute atomic E-state index is 13.8. The van der Waals surface area contributed by atoms with E-state index in [0.717, 1.165) is 10.2 Å². The molecule has 2 aromatic carbocycles. The van der Waals surface area contributed by atoms with Crippen LogP contribution in [0.5, 0.6) is 11.5 Å². The molecule has 1 amide bonds. The molecule has 33 heavy (non-hydrogen) atoms.